The Kier molecular flexibility index (Phi) is 8.15. The molecule has 1 saturated heterocycles. The highest BCUT2D eigenvalue weighted by molar-refractivity contribution is 7.92. The van der Waals surface area contributed by atoms with Crippen molar-refractivity contribution in [2.45, 2.75) is 69.1 Å². The molecule has 1 heterocycles. The third-order valence-electron chi connectivity index (χ3n) is 7.13. The number of rotatable bonds is 8. The first-order valence-electron chi connectivity index (χ1n) is 12.3. The van der Waals surface area contributed by atoms with E-state index in [4.69, 9.17) is 27.9 Å². The SMILES string of the molecule is CC(C)(C)S(=O)(=O)C[C@H](C1CC1)N1C(=O)[C@@H](CC(=O)O)O[C@H](c2cccc(Cl)c2F)[C@H]1c1ccc(Cl)cc1. The second-order valence-corrected chi connectivity index (χ2v) is 14.5. The molecule has 0 radical (unpaired) electrons. The van der Waals surface area contributed by atoms with Crippen molar-refractivity contribution < 1.29 is 32.2 Å². The summed E-state index contributed by atoms with van der Waals surface area (Å²) < 4.78 is 47.1. The molecule has 1 aliphatic carbocycles. The number of aliphatic carboxylic acids is 1. The molecule has 1 saturated carbocycles. The van der Waals surface area contributed by atoms with E-state index in [1.165, 1.54) is 17.0 Å². The molecule has 0 bridgehead atoms. The number of carbonyl (C=O) groups is 2. The molecule has 38 heavy (non-hydrogen) atoms. The van der Waals surface area contributed by atoms with Crippen molar-refractivity contribution >= 4 is 44.9 Å². The Morgan fingerprint density at radius 2 is 1.79 bits per heavy atom. The van der Waals surface area contributed by atoms with Crippen LogP contribution in [0.3, 0.4) is 0 Å². The van der Waals surface area contributed by atoms with Gasteiger partial charge in [-0.05, 0) is 63.3 Å². The number of ether oxygens (including phenoxy) is 1. The van der Waals surface area contributed by atoms with Gasteiger partial charge in [-0.2, -0.15) is 0 Å². The van der Waals surface area contributed by atoms with Crippen molar-refractivity contribution in [3.8, 4) is 0 Å². The summed E-state index contributed by atoms with van der Waals surface area (Å²) in [4.78, 5) is 27.1. The number of carboxylic acids is 1. The Morgan fingerprint density at radius 1 is 1.16 bits per heavy atom. The van der Waals surface area contributed by atoms with Gasteiger partial charge in [0.25, 0.3) is 5.91 Å². The third kappa shape index (κ3) is 5.86. The molecule has 0 aromatic heterocycles. The topological polar surface area (TPSA) is 101 Å². The van der Waals surface area contributed by atoms with Gasteiger partial charge in [-0.25, -0.2) is 12.8 Å². The third-order valence-corrected chi connectivity index (χ3v) is 10.3. The number of benzene rings is 2. The summed E-state index contributed by atoms with van der Waals surface area (Å²) in [6, 6.07) is 9.24. The molecular formula is C27H30Cl2FNO6S. The highest BCUT2D eigenvalue weighted by Crippen LogP contribution is 2.49. The van der Waals surface area contributed by atoms with Crippen LogP contribution in [-0.4, -0.2) is 52.9 Å². The number of halogens is 3. The number of amides is 1. The highest BCUT2D eigenvalue weighted by atomic mass is 35.5. The minimum Gasteiger partial charge on any atom is -0.481 e. The van der Waals surface area contributed by atoms with Gasteiger partial charge in [0, 0.05) is 16.6 Å². The minimum atomic E-state index is -3.69. The lowest BCUT2D eigenvalue weighted by atomic mass is 9.89. The Morgan fingerprint density at radius 3 is 2.34 bits per heavy atom. The van der Waals surface area contributed by atoms with E-state index < -0.39 is 63.0 Å². The lowest BCUT2D eigenvalue weighted by Gasteiger charge is -2.48. The average Bonchev–Trinajstić information content (AvgIpc) is 3.66. The quantitative estimate of drug-likeness (QED) is 0.432. The predicted molar refractivity (Wildman–Crippen MR) is 142 cm³/mol. The van der Waals surface area contributed by atoms with E-state index in [9.17, 15) is 23.1 Å². The fraction of sp³-hybridized carbons (Fsp3) is 0.481. The van der Waals surface area contributed by atoms with Crippen LogP contribution >= 0.6 is 23.2 Å². The van der Waals surface area contributed by atoms with Crippen LogP contribution in [0.25, 0.3) is 0 Å². The Bertz CT molecular complexity index is 1320. The summed E-state index contributed by atoms with van der Waals surface area (Å²) in [5.41, 5.74) is 0.582. The van der Waals surface area contributed by atoms with Crippen LogP contribution < -0.4 is 0 Å². The highest BCUT2D eigenvalue weighted by Gasteiger charge is 2.52. The van der Waals surface area contributed by atoms with E-state index in [0.717, 1.165) is 0 Å². The van der Waals surface area contributed by atoms with Crippen molar-refractivity contribution in [3.05, 3.63) is 69.5 Å². The molecule has 2 aromatic carbocycles. The monoisotopic (exact) mass is 585 g/mol. The van der Waals surface area contributed by atoms with E-state index >= 15 is 4.39 Å². The van der Waals surface area contributed by atoms with Crippen LogP contribution in [-0.2, 0) is 24.2 Å². The Hall–Kier alpha value is -2.20. The lowest BCUT2D eigenvalue weighted by Crippen LogP contribution is -2.58. The van der Waals surface area contributed by atoms with E-state index in [1.807, 2.05) is 0 Å². The normalized spacial score (nSPS) is 23.4. The van der Waals surface area contributed by atoms with E-state index in [1.54, 1.807) is 51.1 Å². The molecule has 7 nitrogen and oxygen atoms in total. The number of nitrogens with zero attached hydrogens (tertiary/aromatic N) is 1. The van der Waals surface area contributed by atoms with Crippen LogP contribution in [0.2, 0.25) is 10.0 Å². The van der Waals surface area contributed by atoms with Crippen molar-refractivity contribution in [1.29, 1.82) is 0 Å². The van der Waals surface area contributed by atoms with Gasteiger partial charge in [-0.3, -0.25) is 9.59 Å². The molecule has 1 N–H and O–H groups in total. The van der Waals surface area contributed by atoms with Crippen molar-refractivity contribution in [2.24, 2.45) is 5.92 Å². The van der Waals surface area contributed by atoms with Gasteiger partial charge in [0.05, 0.1) is 28.0 Å². The van der Waals surface area contributed by atoms with Gasteiger partial charge in [-0.15, -0.1) is 0 Å². The van der Waals surface area contributed by atoms with Crippen LogP contribution in [0.15, 0.2) is 42.5 Å². The van der Waals surface area contributed by atoms with Crippen LogP contribution in [0.5, 0.6) is 0 Å². The molecule has 2 fully saturated rings. The molecule has 4 atom stereocenters. The number of morpholine rings is 1. The maximum absolute atomic E-state index is 15.4. The molecule has 4 rings (SSSR count). The van der Waals surface area contributed by atoms with E-state index in [2.05, 4.69) is 0 Å². The molecule has 2 aromatic rings. The van der Waals surface area contributed by atoms with Gasteiger partial charge in [-0.1, -0.05) is 47.5 Å². The summed E-state index contributed by atoms with van der Waals surface area (Å²) >= 11 is 12.2. The minimum absolute atomic E-state index is 0.0403. The predicted octanol–water partition coefficient (Wildman–Crippen LogP) is 5.61. The summed E-state index contributed by atoms with van der Waals surface area (Å²) in [5.74, 6) is -3.11. The second-order valence-electron chi connectivity index (χ2n) is 10.8. The van der Waals surface area contributed by atoms with Gasteiger partial charge >= 0.3 is 5.97 Å². The van der Waals surface area contributed by atoms with Crippen molar-refractivity contribution in [2.75, 3.05) is 5.75 Å². The lowest BCUT2D eigenvalue weighted by molar-refractivity contribution is -0.183. The summed E-state index contributed by atoms with van der Waals surface area (Å²) in [5, 5.41) is 9.81. The van der Waals surface area contributed by atoms with Gasteiger partial charge in [0.1, 0.15) is 18.0 Å². The molecular weight excluding hydrogens is 556 g/mol. The largest absolute Gasteiger partial charge is 0.481 e. The summed E-state index contributed by atoms with van der Waals surface area (Å²) in [6.45, 7) is 4.80. The van der Waals surface area contributed by atoms with Crippen LogP contribution in [0, 0.1) is 11.7 Å². The van der Waals surface area contributed by atoms with Gasteiger partial charge < -0.3 is 14.7 Å². The number of carboxylic acid groups (broad SMARTS) is 1. The maximum Gasteiger partial charge on any atom is 0.306 e. The summed E-state index contributed by atoms with van der Waals surface area (Å²) in [6.07, 6.45) is -1.84. The smallest absolute Gasteiger partial charge is 0.306 e. The van der Waals surface area contributed by atoms with Crippen LogP contribution in [0.1, 0.15) is 63.3 Å². The number of carbonyl (C=O) groups excluding carboxylic acids is 1. The Balaban J connectivity index is 1.93. The fourth-order valence-electron chi connectivity index (χ4n) is 4.80. The molecule has 1 amide bonds. The molecule has 0 unspecified atom stereocenters. The second kappa shape index (κ2) is 10.8. The summed E-state index contributed by atoms with van der Waals surface area (Å²) in [7, 11) is -3.69. The number of hydrogen-bond acceptors (Lipinski definition) is 5. The first-order valence-corrected chi connectivity index (χ1v) is 14.7. The maximum atomic E-state index is 15.4. The van der Waals surface area contributed by atoms with Crippen molar-refractivity contribution in [1.82, 2.24) is 4.90 Å². The standard InChI is InChI=1S/C27H30Cl2FNO6S/c1-27(2,3)38(35,36)14-20(15-7-8-15)31-24(16-9-11-17(28)12-10-16)25(18-5-4-6-19(29)23(18)30)37-21(26(31)34)13-22(32)33/h4-6,9-12,15,20-21,24-25H,7-8,13-14H2,1-3H3,(H,32,33)/t20-,21-,24-,25-/m1/s1. The molecule has 2 aliphatic rings. The zero-order valence-electron chi connectivity index (χ0n) is 21.2. The molecule has 0 spiro atoms. The first kappa shape index (κ1) is 28.8. The average molecular weight is 587 g/mol. The zero-order chi connectivity index (χ0) is 28.0. The van der Waals surface area contributed by atoms with Crippen LogP contribution in [0.4, 0.5) is 4.39 Å². The van der Waals surface area contributed by atoms with E-state index in [0.29, 0.717) is 23.4 Å². The zero-order valence-corrected chi connectivity index (χ0v) is 23.6. The molecule has 1 aliphatic heterocycles. The van der Waals surface area contributed by atoms with E-state index in [-0.39, 0.29) is 22.3 Å². The number of sulfone groups is 1. The molecule has 11 heteroatoms. The van der Waals surface area contributed by atoms with Crippen molar-refractivity contribution in [3.63, 3.8) is 0 Å². The number of hydrogen-bond donors (Lipinski definition) is 1. The Labute approximate surface area is 231 Å². The van der Waals surface area contributed by atoms with Gasteiger partial charge in [0.2, 0.25) is 0 Å². The molecule has 206 valence electrons. The fourth-order valence-corrected chi connectivity index (χ4v) is 6.49. The van der Waals surface area contributed by atoms with Gasteiger partial charge in [0.15, 0.2) is 9.84 Å². The first-order chi connectivity index (χ1) is 17.7.